The van der Waals surface area contributed by atoms with Crippen LogP contribution in [0.1, 0.15) is 42.1 Å². The van der Waals surface area contributed by atoms with Crippen LogP contribution in [0.3, 0.4) is 0 Å². The number of aryl methyl sites for hydroxylation is 1. The number of thiazole rings is 1. The van der Waals surface area contributed by atoms with Gasteiger partial charge in [-0.05, 0) is 43.2 Å². The fourth-order valence-corrected chi connectivity index (χ4v) is 6.82. The van der Waals surface area contributed by atoms with Crippen molar-refractivity contribution in [2.24, 2.45) is 4.99 Å². The van der Waals surface area contributed by atoms with Crippen LogP contribution in [0.15, 0.2) is 87.8 Å². The average molecular weight is 624 g/mol. The van der Waals surface area contributed by atoms with Gasteiger partial charge in [-0.15, -0.1) is 0 Å². The molecular formula is C34H29N3O7S. The van der Waals surface area contributed by atoms with Crippen LogP contribution in [0.2, 0.25) is 0 Å². The number of hydrogen-bond donors (Lipinski definition) is 0. The Kier molecular flexibility index (Phi) is 7.71. The molecule has 0 saturated heterocycles. The second kappa shape index (κ2) is 11.7. The molecule has 3 heterocycles. The topological polar surface area (TPSA) is 117 Å². The van der Waals surface area contributed by atoms with E-state index in [9.17, 15) is 19.2 Å². The molecule has 45 heavy (non-hydrogen) atoms. The van der Waals surface area contributed by atoms with Crippen LogP contribution < -0.4 is 29.3 Å². The fraction of sp³-hybridized carbons (Fsp3) is 0.206. The molecule has 0 fully saturated rings. The van der Waals surface area contributed by atoms with Gasteiger partial charge in [0, 0.05) is 12.5 Å². The zero-order valence-corrected chi connectivity index (χ0v) is 26.1. The van der Waals surface area contributed by atoms with Gasteiger partial charge in [0.2, 0.25) is 0 Å². The van der Waals surface area contributed by atoms with Crippen LogP contribution in [-0.4, -0.2) is 36.6 Å². The first-order chi connectivity index (χ1) is 21.6. The van der Waals surface area contributed by atoms with Crippen molar-refractivity contribution in [3.8, 4) is 11.5 Å². The SMILES string of the molecule is COC(=O)C1=C(C)N=c2s/c(=C3\C(=O)N(Cc4ccc(C)cc4)c4ccccc43)c(=O)n2[C@@H]1c1ccc(OC(C)=O)c(OC)c1. The summed E-state index contributed by atoms with van der Waals surface area (Å²) in [4.78, 5) is 59.9. The maximum absolute atomic E-state index is 14.4. The van der Waals surface area contributed by atoms with Gasteiger partial charge in [-0.25, -0.2) is 9.79 Å². The minimum atomic E-state index is -0.960. The predicted octanol–water partition coefficient (Wildman–Crippen LogP) is 3.57. The number of fused-ring (bicyclic) bond motifs is 2. The van der Waals surface area contributed by atoms with Gasteiger partial charge >= 0.3 is 11.9 Å². The first-order valence-electron chi connectivity index (χ1n) is 14.1. The molecule has 11 heteroatoms. The molecule has 2 aliphatic heterocycles. The molecule has 3 aromatic carbocycles. The van der Waals surface area contributed by atoms with E-state index in [4.69, 9.17) is 14.2 Å². The molecule has 4 aromatic rings. The number of carbonyl (C=O) groups is 3. The third-order valence-electron chi connectivity index (χ3n) is 7.77. The van der Waals surface area contributed by atoms with E-state index in [2.05, 4.69) is 4.99 Å². The lowest BCUT2D eigenvalue weighted by Crippen LogP contribution is -2.40. The van der Waals surface area contributed by atoms with Crippen molar-refractivity contribution < 1.29 is 28.6 Å². The van der Waals surface area contributed by atoms with Crippen LogP contribution in [0.25, 0.3) is 5.57 Å². The second-order valence-electron chi connectivity index (χ2n) is 10.7. The molecule has 1 aromatic heterocycles. The molecular weight excluding hydrogens is 594 g/mol. The number of carbonyl (C=O) groups excluding carboxylic acids is 3. The Morgan fingerprint density at radius 1 is 0.956 bits per heavy atom. The second-order valence-corrected chi connectivity index (χ2v) is 11.6. The van der Waals surface area contributed by atoms with Crippen molar-refractivity contribution in [2.45, 2.75) is 33.4 Å². The number of rotatable bonds is 6. The van der Waals surface area contributed by atoms with Gasteiger partial charge in [-0.1, -0.05) is 65.4 Å². The van der Waals surface area contributed by atoms with Crippen molar-refractivity contribution in [3.05, 3.63) is 120 Å². The smallest absolute Gasteiger partial charge is 0.338 e. The molecule has 1 amide bonds. The lowest BCUT2D eigenvalue weighted by atomic mass is 9.95. The van der Waals surface area contributed by atoms with E-state index in [1.165, 1.54) is 31.8 Å². The van der Waals surface area contributed by atoms with Crippen molar-refractivity contribution in [1.82, 2.24) is 4.57 Å². The Morgan fingerprint density at radius 3 is 2.38 bits per heavy atom. The number of para-hydroxylation sites is 1. The van der Waals surface area contributed by atoms with Crippen LogP contribution >= 0.6 is 11.3 Å². The first-order valence-corrected chi connectivity index (χ1v) is 14.9. The minimum absolute atomic E-state index is 0.155. The minimum Gasteiger partial charge on any atom is -0.493 e. The Morgan fingerprint density at radius 2 is 1.69 bits per heavy atom. The van der Waals surface area contributed by atoms with Gasteiger partial charge in [0.15, 0.2) is 16.3 Å². The molecule has 0 bridgehead atoms. The Hall–Kier alpha value is -5.29. The molecule has 0 N–H and O–H groups in total. The van der Waals surface area contributed by atoms with Gasteiger partial charge in [0.25, 0.3) is 11.5 Å². The summed E-state index contributed by atoms with van der Waals surface area (Å²) in [6, 6.07) is 19.2. The van der Waals surface area contributed by atoms with E-state index in [1.54, 1.807) is 24.0 Å². The van der Waals surface area contributed by atoms with Crippen molar-refractivity contribution in [3.63, 3.8) is 0 Å². The summed E-state index contributed by atoms with van der Waals surface area (Å²) in [6.45, 7) is 5.28. The summed E-state index contributed by atoms with van der Waals surface area (Å²) < 4.78 is 17.5. The number of hydrogen-bond acceptors (Lipinski definition) is 9. The largest absolute Gasteiger partial charge is 0.493 e. The van der Waals surface area contributed by atoms with E-state index < -0.39 is 23.5 Å². The molecule has 0 unspecified atom stereocenters. The summed E-state index contributed by atoms with van der Waals surface area (Å²) in [5.41, 5.74) is 4.24. The maximum Gasteiger partial charge on any atom is 0.338 e. The Bertz CT molecular complexity index is 2110. The lowest BCUT2D eigenvalue weighted by molar-refractivity contribution is -0.136. The standard InChI is InChI=1S/C34H29N3O7S/c1-18-10-12-21(13-11-18)17-36-24-9-7-6-8-23(24)28(31(36)39)30-32(40)37-29(27(33(41)43-5)19(2)35-34(37)45-30)22-14-15-25(44-20(3)38)26(16-22)42-4/h6-16,29H,17H2,1-5H3/b30-28-/t29-/m1/s1. The number of allylic oxidation sites excluding steroid dienone is 1. The molecule has 1 atom stereocenters. The molecule has 0 aliphatic carbocycles. The average Bonchev–Trinajstić information content (AvgIpc) is 3.49. The highest BCUT2D eigenvalue weighted by Crippen LogP contribution is 2.38. The lowest BCUT2D eigenvalue weighted by Gasteiger charge is -2.25. The number of methoxy groups -OCH3 is 2. The van der Waals surface area contributed by atoms with Crippen molar-refractivity contribution in [1.29, 1.82) is 0 Å². The van der Waals surface area contributed by atoms with Crippen LogP contribution in [0.5, 0.6) is 11.5 Å². The Labute approximate surface area is 262 Å². The maximum atomic E-state index is 14.4. The van der Waals surface area contributed by atoms with E-state index in [1.807, 2.05) is 55.5 Å². The van der Waals surface area contributed by atoms with Gasteiger partial charge < -0.3 is 19.1 Å². The first kappa shape index (κ1) is 29.8. The molecule has 228 valence electrons. The highest BCUT2D eigenvalue weighted by Gasteiger charge is 2.37. The van der Waals surface area contributed by atoms with Gasteiger partial charge in [-0.3, -0.25) is 19.0 Å². The summed E-state index contributed by atoms with van der Waals surface area (Å²) in [5.74, 6) is -1.06. The van der Waals surface area contributed by atoms with Crippen LogP contribution in [0.4, 0.5) is 5.69 Å². The van der Waals surface area contributed by atoms with E-state index in [0.717, 1.165) is 22.5 Å². The molecule has 0 radical (unpaired) electrons. The number of esters is 2. The summed E-state index contributed by atoms with van der Waals surface area (Å²) in [5, 5.41) is 0. The van der Waals surface area contributed by atoms with E-state index >= 15 is 0 Å². The Balaban J connectivity index is 1.56. The molecule has 6 rings (SSSR count). The predicted molar refractivity (Wildman–Crippen MR) is 168 cm³/mol. The van der Waals surface area contributed by atoms with Crippen molar-refractivity contribution in [2.75, 3.05) is 19.1 Å². The monoisotopic (exact) mass is 623 g/mol. The third kappa shape index (κ3) is 5.14. The zero-order chi connectivity index (χ0) is 32.0. The highest BCUT2D eigenvalue weighted by atomic mass is 32.1. The number of amides is 1. The van der Waals surface area contributed by atoms with E-state index in [-0.39, 0.29) is 33.1 Å². The molecule has 0 spiro atoms. The molecule has 0 saturated carbocycles. The number of ether oxygens (including phenoxy) is 3. The third-order valence-corrected chi connectivity index (χ3v) is 8.82. The summed E-state index contributed by atoms with van der Waals surface area (Å²) in [7, 11) is 2.68. The highest BCUT2D eigenvalue weighted by molar-refractivity contribution is 7.07. The van der Waals surface area contributed by atoms with E-state index in [0.29, 0.717) is 33.9 Å². The fourth-order valence-electron chi connectivity index (χ4n) is 5.68. The zero-order valence-electron chi connectivity index (χ0n) is 25.2. The number of nitrogens with zero attached hydrogens (tertiary/aromatic N) is 3. The quantitative estimate of drug-likeness (QED) is 0.238. The summed E-state index contributed by atoms with van der Waals surface area (Å²) >= 11 is 1.09. The summed E-state index contributed by atoms with van der Waals surface area (Å²) in [6.07, 6.45) is 0. The molecule has 10 nitrogen and oxygen atoms in total. The van der Waals surface area contributed by atoms with Gasteiger partial charge in [0.05, 0.1) is 49.3 Å². The van der Waals surface area contributed by atoms with Crippen molar-refractivity contribution >= 4 is 40.4 Å². The number of anilines is 1. The van der Waals surface area contributed by atoms with Gasteiger partial charge in [-0.2, -0.15) is 0 Å². The number of benzene rings is 3. The number of aromatic nitrogens is 1. The normalized spacial score (nSPS) is 16.6. The molecule has 2 aliphatic rings. The van der Waals surface area contributed by atoms with Crippen LogP contribution in [0, 0.1) is 6.92 Å². The van der Waals surface area contributed by atoms with Gasteiger partial charge in [0.1, 0.15) is 4.53 Å². The van der Waals surface area contributed by atoms with Crippen LogP contribution in [-0.2, 0) is 25.7 Å².